The van der Waals surface area contributed by atoms with Crippen LogP contribution >= 0.6 is 0 Å². The first-order chi connectivity index (χ1) is 15.0. The number of carbonyl (C=O) groups is 3. The minimum atomic E-state index is -1.10. The molecule has 1 unspecified atom stereocenters. The smallest absolute Gasteiger partial charge is 0.343 e. The van der Waals surface area contributed by atoms with Crippen molar-refractivity contribution in [2.24, 2.45) is 5.73 Å². The third kappa shape index (κ3) is 5.77. The molecule has 3 aromatic rings. The topological polar surface area (TPSA) is 119 Å². The lowest BCUT2D eigenvalue weighted by Crippen LogP contribution is -2.21. The summed E-state index contributed by atoms with van der Waals surface area (Å²) in [6.07, 6.45) is -0.262. The summed E-state index contributed by atoms with van der Waals surface area (Å²) in [5.74, 6) is -3.01. The number of aliphatic carboxylic acids is 1. The molecule has 3 aromatic carbocycles. The minimum absolute atomic E-state index is 0.162. The van der Waals surface area contributed by atoms with Crippen LogP contribution < -0.4 is 15.8 Å². The van der Waals surface area contributed by atoms with E-state index in [1.165, 1.54) is 0 Å². The van der Waals surface area contributed by atoms with Crippen LogP contribution in [0, 0.1) is 0 Å². The Bertz CT molecular complexity index is 1060. The summed E-state index contributed by atoms with van der Waals surface area (Å²) >= 11 is 0. The average molecular weight is 418 g/mol. The lowest BCUT2D eigenvalue weighted by Gasteiger charge is -2.14. The van der Waals surface area contributed by atoms with Gasteiger partial charge in [-0.15, -0.1) is 0 Å². The highest BCUT2D eigenvalue weighted by atomic mass is 16.5. The van der Waals surface area contributed by atoms with Crippen molar-refractivity contribution >= 4 is 23.5 Å². The Labute approximate surface area is 179 Å². The van der Waals surface area contributed by atoms with E-state index in [1.54, 1.807) is 78.9 Å². The third-order valence-electron chi connectivity index (χ3n) is 4.68. The molecule has 0 saturated carbocycles. The molecule has 0 aliphatic rings. The van der Waals surface area contributed by atoms with Crippen molar-refractivity contribution in [1.82, 2.24) is 0 Å². The van der Waals surface area contributed by atoms with Gasteiger partial charge in [0.1, 0.15) is 0 Å². The van der Waals surface area contributed by atoms with Crippen LogP contribution in [0.15, 0.2) is 78.9 Å². The van der Waals surface area contributed by atoms with Gasteiger partial charge in [-0.05, 0) is 35.4 Å². The number of hydrogen-bond donors (Lipinski definition) is 3. The number of hydrogen-bond acceptors (Lipinski definition) is 5. The molecule has 0 fully saturated rings. The van der Waals surface area contributed by atoms with E-state index < -0.39 is 23.8 Å². The van der Waals surface area contributed by atoms with Gasteiger partial charge in [-0.1, -0.05) is 54.6 Å². The highest BCUT2D eigenvalue weighted by Gasteiger charge is 2.24. The molecular weight excluding hydrogens is 396 g/mol. The lowest BCUT2D eigenvalue weighted by molar-refractivity contribution is -0.140. The Morgan fingerprint density at radius 2 is 1.55 bits per heavy atom. The van der Waals surface area contributed by atoms with Crippen molar-refractivity contribution in [1.29, 1.82) is 0 Å². The number of carboxylic acids is 1. The van der Waals surface area contributed by atoms with Gasteiger partial charge in [0.05, 0.1) is 17.2 Å². The molecule has 0 spiro atoms. The largest absolute Gasteiger partial charge is 0.481 e. The standard InChI is InChI=1S/C24H22N2O5/c25-15-16-10-12-18(13-11-16)24(30)31-21-9-5-4-8-20(21)26-22(27)14-19(23(28)29)17-6-2-1-3-7-17/h1-13,19H,14-15,25H2,(H,26,27)(H,28,29). The molecule has 0 saturated heterocycles. The van der Waals surface area contributed by atoms with E-state index in [1.807, 2.05) is 0 Å². The molecular formula is C24H22N2O5. The summed E-state index contributed by atoms with van der Waals surface area (Å²) in [4.78, 5) is 36.7. The summed E-state index contributed by atoms with van der Waals surface area (Å²) in [7, 11) is 0. The predicted molar refractivity (Wildman–Crippen MR) is 116 cm³/mol. The van der Waals surface area contributed by atoms with Crippen molar-refractivity contribution < 1.29 is 24.2 Å². The van der Waals surface area contributed by atoms with Crippen LogP contribution in [0.3, 0.4) is 0 Å². The third-order valence-corrected chi connectivity index (χ3v) is 4.68. The molecule has 7 nitrogen and oxygen atoms in total. The Morgan fingerprint density at radius 1 is 0.903 bits per heavy atom. The van der Waals surface area contributed by atoms with E-state index in [2.05, 4.69) is 5.32 Å². The summed E-state index contributed by atoms with van der Waals surface area (Å²) < 4.78 is 5.44. The lowest BCUT2D eigenvalue weighted by atomic mass is 9.95. The predicted octanol–water partition coefficient (Wildman–Crippen LogP) is 3.56. The maximum absolute atomic E-state index is 12.6. The van der Waals surface area contributed by atoms with Gasteiger partial charge in [0, 0.05) is 13.0 Å². The molecule has 7 heteroatoms. The second-order valence-electron chi connectivity index (χ2n) is 6.84. The number of rotatable bonds is 8. The first-order valence-corrected chi connectivity index (χ1v) is 9.65. The van der Waals surface area contributed by atoms with Crippen molar-refractivity contribution in [2.45, 2.75) is 18.9 Å². The normalized spacial score (nSPS) is 11.4. The first-order valence-electron chi connectivity index (χ1n) is 9.65. The molecule has 1 atom stereocenters. The molecule has 0 aliphatic carbocycles. The summed E-state index contributed by atoms with van der Waals surface area (Å²) in [5.41, 5.74) is 7.60. The number of carbonyl (C=O) groups excluding carboxylic acids is 2. The van der Waals surface area contributed by atoms with Crippen molar-refractivity contribution in [2.75, 3.05) is 5.32 Å². The van der Waals surface area contributed by atoms with Gasteiger partial charge in [-0.25, -0.2) is 4.79 Å². The Morgan fingerprint density at radius 3 is 2.19 bits per heavy atom. The van der Waals surface area contributed by atoms with Gasteiger partial charge >= 0.3 is 11.9 Å². The van der Waals surface area contributed by atoms with Gasteiger partial charge in [0.2, 0.25) is 5.91 Å². The molecule has 0 radical (unpaired) electrons. The van der Waals surface area contributed by atoms with Crippen LogP contribution in [-0.4, -0.2) is 23.0 Å². The zero-order valence-electron chi connectivity index (χ0n) is 16.7. The fourth-order valence-corrected chi connectivity index (χ4v) is 3.01. The highest BCUT2D eigenvalue weighted by molar-refractivity contribution is 5.97. The van der Waals surface area contributed by atoms with Gasteiger partial charge in [-0.3, -0.25) is 9.59 Å². The summed E-state index contributed by atoms with van der Waals surface area (Å²) in [5, 5.41) is 12.2. The number of anilines is 1. The maximum Gasteiger partial charge on any atom is 0.343 e. The second kappa shape index (κ2) is 10.2. The molecule has 1 amide bonds. The van der Waals surface area contributed by atoms with Crippen LogP contribution in [0.4, 0.5) is 5.69 Å². The van der Waals surface area contributed by atoms with Crippen LogP contribution in [0.25, 0.3) is 0 Å². The zero-order valence-corrected chi connectivity index (χ0v) is 16.7. The fourth-order valence-electron chi connectivity index (χ4n) is 3.01. The Kier molecular flexibility index (Phi) is 7.13. The number of benzene rings is 3. The van der Waals surface area contributed by atoms with Crippen LogP contribution in [0.5, 0.6) is 5.75 Å². The number of carboxylic acid groups (broad SMARTS) is 1. The number of nitrogens with one attached hydrogen (secondary N) is 1. The van der Waals surface area contributed by atoms with E-state index >= 15 is 0 Å². The van der Waals surface area contributed by atoms with E-state index in [4.69, 9.17) is 10.5 Å². The average Bonchev–Trinajstić information content (AvgIpc) is 2.79. The van der Waals surface area contributed by atoms with Crippen LogP contribution in [-0.2, 0) is 16.1 Å². The SMILES string of the molecule is NCc1ccc(C(=O)Oc2ccccc2NC(=O)CC(C(=O)O)c2ccccc2)cc1. The first kappa shape index (κ1) is 21.7. The molecule has 0 heterocycles. The Hall–Kier alpha value is -3.97. The van der Waals surface area contributed by atoms with E-state index in [-0.39, 0.29) is 17.9 Å². The molecule has 4 N–H and O–H groups in total. The molecule has 0 aromatic heterocycles. The number of para-hydroxylation sites is 2. The van der Waals surface area contributed by atoms with Gasteiger partial charge in [-0.2, -0.15) is 0 Å². The fraction of sp³-hybridized carbons (Fsp3) is 0.125. The number of esters is 1. The van der Waals surface area contributed by atoms with Gasteiger partial charge < -0.3 is 20.9 Å². The summed E-state index contributed by atoms with van der Waals surface area (Å²) in [6, 6.07) is 21.7. The minimum Gasteiger partial charge on any atom is -0.481 e. The van der Waals surface area contributed by atoms with Crippen LogP contribution in [0.1, 0.15) is 33.8 Å². The van der Waals surface area contributed by atoms with E-state index in [0.717, 1.165) is 5.56 Å². The zero-order chi connectivity index (χ0) is 22.2. The maximum atomic E-state index is 12.6. The number of nitrogens with two attached hydrogens (primary N) is 1. The highest BCUT2D eigenvalue weighted by Crippen LogP contribution is 2.27. The van der Waals surface area contributed by atoms with Crippen molar-refractivity contribution in [3.05, 3.63) is 95.6 Å². The van der Waals surface area contributed by atoms with Crippen molar-refractivity contribution in [3.8, 4) is 5.75 Å². The molecule has 31 heavy (non-hydrogen) atoms. The Balaban J connectivity index is 1.71. The number of amides is 1. The molecule has 158 valence electrons. The van der Waals surface area contributed by atoms with Gasteiger partial charge in [0.25, 0.3) is 0 Å². The quantitative estimate of drug-likeness (QED) is 0.380. The monoisotopic (exact) mass is 418 g/mol. The molecule has 3 rings (SSSR count). The molecule has 0 bridgehead atoms. The van der Waals surface area contributed by atoms with Crippen LogP contribution in [0.2, 0.25) is 0 Å². The second-order valence-corrected chi connectivity index (χ2v) is 6.84. The van der Waals surface area contributed by atoms with Gasteiger partial charge in [0.15, 0.2) is 5.75 Å². The number of ether oxygens (including phenoxy) is 1. The molecule has 0 aliphatic heterocycles. The van der Waals surface area contributed by atoms with Crippen molar-refractivity contribution in [3.63, 3.8) is 0 Å². The van der Waals surface area contributed by atoms with E-state index in [9.17, 15) is 19.5 Å². The summed E-state index contributed by atoms with van der Waals surface area (Å²) in [6.45, 7) is 0.366. The van der Waals surface area contributed by atoms with E-state index in [0.29, 0.717) is 17.7 Å².